The SMILES string of the molecule is Cc1nc(F)c(C[C@H]2CCC(=O)NC(C3CC3)C(=O)N[C@H](C)[C@H](N)C(=O)N2)c(C)c1F. The van der Waals surface area contributed by atoms with Gasteiger partial charge >= 0.3 is 0 Å². The summed E-state index contributed by atoms with van der Waals surface area (Å²) < 4.78 is 28.7. The molecule has 0 aromatic carbocycles. The number of halogens is 2. The van der Waals surface area contributed by atoms with Gasteiger partial charge in [0.05, 0.1) is 11.7 Å². The molecular formula is C21H29F2N5O3. The largest absolute Gasteiger partial charge is 0.352 e. The van der Waals surface area contributed by atoms with Crippen molar-refractivity contribution in [3.05, 3.63) is 28.6 Å². The molecule has 0 spiro atoms. The zero-order valence-electron chi connectivity index (χ0n) is 17.9. The van der Waals surface area contributed by atoms with Crippen molar-refractivity contribution in [2.75, 3.05) is 0 Å². The molecule has 1 aromatic rings. The van der Waals surface area contributed by atoms with Gasteiger partial charge in [0.2, 0.25) is 23.7 Å². The molecular weight excluding hydrogens is 408 g/mol. The third kappa shape index (κ3) is 5.36. The Bertz CT molecular complexity index is 890. The Morgan fingerprint density at radius 2 is 1.71 bits per heavy atom. The number of nitrogens with one attached hydrogen (secondary N) is 3. The van der Waals surface area contributed by atoms with Crippen LogP contribution in [0.1, 0.15) is 49.4 Å². The minimum absolute atomic E-state index is 0.00861. The summed E-state index contributed by atoms with van der Waals surface area (Å²) in [6, 6.07) is -3.05. The maximum atomic E-state index is 14.5. The summed E-state index contributed by atoms with van der Waals surface area (Å²) >= 11 is 0. The van der Waals surface area contributed by atoms with Crippen LogP contribution in [0.15, 0.2) is 0 Å². The molecule has 3 amide bonds. The zero-order chi connectivity index (χ0) is 22.9. The van der Waals surface area contributed by atoms with Gasteiger partial charge in [-0.3, -0.25) is 14.4 Å². The molecule has 0 bridgehead atoms. The fraction of sp³-hybridized carbons (Fsp3) is 0.619. The fourth-order valence-corrected chi connectivity index (χ4v) is 3.84. The summed E-state index contributed by atoms with van der Waals surface area (Å²) in [5.74, 6) is -2.58. The molecule has 0 radical (unpaired) electrons. The van der Waals surface area contributed by atoms with Crippen molar-refractivity contribution in [3.8, 4) is 0 Å². The van der Waals surface area contributed by atoms with E-state index in [4.69, 9.17) is 5.73 Å². The topological polar surface area (TPSA) is 126 Å². The zero-order valence-corrected chi connectivity index (χ0v) is 17.9. The van der Waals surface area contributed by atoms with E-state index in [2.05, 4.69) is 20.9 Å². The lowest BCUT2D eigenvalue weighted by atomic mass is 9.97. The second-order valence-electron chi connectivity index (χ2n) is 8.56. The highest BCUT2D eigenvalue weighted by Gasteiger charge is 2.39. The number of hydrogen-bond acceptors (Lipinski definition) is 5. The van der Waals surface area contributed by atoms with Crippen LogP contribution in [-0.2, 0) is 20.8 Å². The van der Waals surface area contributed by atoms with E-state index in [9.17, 15) is 23.2 Å². The highest BCUT2D eigenvalue weighted by atomic mass is 19.1. The third-order valence-electron chi connectivity index (χ3n) is 6.03. The molecule has 4 atom stereocenters. The number of carbonyl (C=O) groups excluding carboxylic acids is 3. The molecule has 3 rings (SSSR count). The van der Waals surface area contributed by atoms with E-state index in [-0.39, 0.29) is 53.8 Å². The Balaban J connectivity index is 1.83. The smallest absolute Gasteiger partial charge is 0.243 e. The minimum atomic E-state index is -1.04. The number of hydrogen-bond donors (Lipinski definition) is 4. The molecule has 2 fully saturated rings. The summed E-state index contributed by atoms with van der Waals surface area (Å²) in [5.41, 5.74) is 6.15. The van der Waals surface area contributed by atoms with Crippen molar-refractivity contribution >= 4 is 17.7 Å². The number of pyridine rings is 1. The van der Waals surface area contributed by atoms with Gasteiger partial charge in [-0.2, -0.15) is 4.39 Å². The summed E-state index contributed by atoms with van der Waals surface area (Å²) in [4.78, 5) is 41.3. The summed E-state index contributed by atoms with van der Waals surface area (Å²) in [6.07, 6.45) is 1.82. The summed E-state index contributed by atoms with van der Waals surface area (Å²) in [6.45, 7) is 4.44. The van der Waals surface area contributed by atoms with Crippen LogP contribution < -0.4 is 21.7 Å². The summed E-state index contributed by atoms with van der Waals surface area (Å²) in [7, 11) is 0. The van der Waals surface area contributed by atoms with E-state index in [1.807, 2.05) is 0 Å². The van der Waals surface area contributed by atoms with Crippen molar-refractivity contribution in [1.29, 1.82) is 0 Å². The van der Waals surface area contributed by atoms with Gasteiger partial charge in [0.1, 0.15) is 17.9 Å². The van der Waals surface area contributed by atoms with Gasteiger partial charge < -0.3 is 21.7 Å². The highest BCUT2D eigenvalue weighted by Crippen LogP contribution is 2.33. The van der Waals surface area contributed by atoms with Crippen LogP contribution in [0, 0.1) is 31.5 Å². The van der Waals surface area contributed by atoms with Gasteiger partial charge in [-0.1, -0.05) is 0 Å². The lowest BCUT2D eigenvalue weighted by molar-refractivity contribution is -0.131. The molecule has 1 saturated heterocycles. The Labute approximate surface area is 179 Å². The molecule has 8 nitrogen and oxygen atoms in total. The highest BCUT2D eigenvalue weighted by molar-refractivity contribution is 5.90. The number of rotatable bonds is 3. The number of aromatic nitrogens is 1. The molecule has 1 aliphatic heterocycles. The van der Waals surface area contributed by atoms with Gasteiger partial charge in [-0.15, -0.1) is 0 Å². The lowest BCUT2D eigenvalue weighted by Crippen LogP contribution is -2.59. The van der Waals surface area contributed by atoms with E-state index in [1.54, 1.807) is 6.92 Å². The van der Waals surface area contributed by atoms with Gasteiger partial charge in [0.15, 0.2) is 0 Å². The van der Waals surface area contributed by atoms with Crippen molar-refractivity contribution in [3.63, 3.8) is 0 Å². The van der Waals surface area contributed by atoms with Crippen LogP contribution in [0.4, 0.5) is 8.78 Å². The summed E-state index contributed by atoms with van der Waals surface area (Å²) in [5, 5.41) is 8.19. The number of amides is 3. The lowest BCUT2D eigenvalue weighted by Gasteiger charge is -2.28. The van der Waals surface area contributed by atoms with E-state index in [0.717, 1.165) is 12.8 Å². The average molecular weight is 437 g/mol. The van der Waals surface area contributed by atoms with Gasteiger partial charge in [-0.05, 0) is 57.9 Å². The molecule has 2 heterocycles. The second-order valence-corrected chi connectivity index (χ2v) is 8.56. The quantitative estimate of drug-likeness (QED) is 0.513. The Kier molecular flexibility index (Phi) is 6.88. The first-order valence-corrected chi connectivity index (χ1v) is 10.5. The van der Waals surface area contributed by atoms with Crippen LogP contribution in [0.5, 0.6) is 0 Å². The normalized spacial score (nSPS) is 28.1. The molecule has 10 heteroatoms. The number of nitrogens with two attached hydrogens (primary N) is 1. The van der Waals surface area contributed by atoms with E-state index < -0.39 is 41.8 Å². The second kappa shape index (κ2) is 9.25. The average Bonchev–Trinajstić information content (AvgIpc) is 3.55. The standard InChI is InChI=1S/C21H29F2N5O3/c1-9-14(19(23)25-10(2)16(9)22)8-13-6-7-15(29)28-18(12-4-5-12)21(31)26-11(3)17(24)20(30)27-13/h11-13,17-18H,4-8,24H2,1-3H3,(H,26,31)(H,27,30)(H,28,29)/t11-,13-,17+,18?/m1/s1. The predicted molar refractivity (Wildman–Crippen MR) is 109 cm³/mol. The van der Waals surface area contributed by atoms with E-state index in [0.29, 0.717) is 0 Å². The first-order chi connectivity index (χ1) is 14.6. The molecule has 5 N–H and O–H groups in total. The first kappa shape index (κ1) is 23.1. The Morgan fingerprint density at radius 1 is 1.03 bits per heavy atom. The van der Waals surface area contributed by atoms with Gasteiger partial charge in [-0.25, -0.2) is 9.37 Å². The van der Waals surface area contributed by atoms with Crippen LogP contribution in [0.2, 0.25) is 0 Å². The molecule has 1 unspecified atom stereocenters. The van der Waals surface area contributed by atoms with Crippen molar-refractivity contribution in [2.45, 2.75) is 77.0 Å². The Hall–Kier alpha value is -2.62. The minimum Gasteiger partial charge on any atom is -0.352 e. The third-order valence-corrected chi connectivity index (χ3v) is 6.03. The number of nitrogens with zero attached hydrogens (tertiary/aromatic N) is 1. The van der Waals surface area contributed by atoms with E-state index in [1.165, 1.54) is 13.8 Å². The molecule has 170 valence electrons. The molecule has 31 heavy (non-hydrogen) atoms. The molecule has 1 aliphatic carbocycles. The van der Waals surface area contributed by atoms with Crippen LogP contribution >= 0.6 is 0 Å². The van der Waals surface area contributed by atoms with Crippen LogP contribution in [0.3, 0.4) is 0 Å². The van der Waals surface area contributed by atoms with Gasteiger partial charge in [0, 0.05) is 18.0 Å². The maximum absolute atomic E-state index is 14.5. The van der Waals surface area contributed by atoms with Crippen molar-refractivity contribution < 1.29 is 23.2 Å². The Morgan fingerprint density at radius 3 is 2.35 bits per heavy atom. The van der Waals surface area contributed by atoms with Crippen LogP contribution in [-0.4, -0.2) is 46.9 Å². The predicted octanol–water partition coefficient (Wildman–Crippen LogP) is 0.525. The monoisotopic (exact) mass is 437 g/mol. The fourth-order valence-electron chi connectivity index (χ4n) is 3.84. The molecule has 1 aromatic heterocycles. The van der Waals surface area contributed by atoms with Crippen LogP contribution in [0.25, 0.3) is 0 Å². The van der Waals surface area contributed by atoms with Crippen molar-refractivity contribution in [1.82, 2.24) is 20.9 Å². The number of aryl methyl sites for hydroxylation is 1. The molecule has 1 saturated carbocycles. The number of carbonyl (C=O) groups is 3. The maximum Gasteiger partial charge on any atom is 0.243 e. The van der Waals surface area contributed by atoms with Crippen molar-refractivity contribution in [2.24, 2.45) is 11.7 Å². The van der Waals surface area contributed by atoms with Gasteiger partial charge in [0.25, 0.3) is 0 Å². The molecule has 2 aliphatic rings. The first-order valence-electron chi connectivity index (χ1n) is 10.5. The van der Waals surface area contributed by atoms with E-state index >= 15 is 0 Å².